The molecule has 4 nitrogen and oxygen atoms in total. The van der Waals surface area contributed by atoms with Crippen LogP contribution in [0.3, 0.4) is 0 Å². The van der Waals surface area contributed by atoms with Crippen molar-refractivity contribution in [3.63, 3.8) is 0 Å². The van der Waals surface area contributed by atoms with E-state index in [4.69, 9.17) is 28.6 Å². The van der Waals surface area contributed by atoms with E-state index in [1.807, 2.05) is 36.4 Å². The van der Waals surface area contributed by atoms with E-state index in [1.54, 1.807) is 7.11 Å². The van der Waals surface area contributed by atoms with Crippen LogP contribution in [-0.4, -0.2) is 28.2 Å². The highest BCUT2D eigenvalue weighted by molar-refractivity contribution is 7.80. The molecule has 138 valence electrons. The largest absolute Gasteiger partial charge is 0.497 e. The summed E-state index contributed by atoms with van der Waals surface area (Å²) in [6.07, 6.45) is 2.12. The first kappa shape index (κ1) is 17.9. The number of nitrogens with one attached hydrogen (secondary N) is 1. The molecule has 0 saturated carbocycles. The van der Waals surface area contributed by atoms with E-state index in [0.29, 0.717) is 10.1 Å². The van der Waals surface area contributed by atoms with Gasteiger partial charge in [0, 0.05) is 35.7 Å². The summed E-state index contributed by atoms with van der Waals surface area (Å²) in [4.78, 5) is 2.24. The fourth-order valence-electron chi connectivity index (χ4n) is 3.47. The average Bonchev–Trinajstić information content (AvgIpc) is 3.18. The predicted octanol–water partition coefficient (Wildman–Crippen LogP) is 4.95. The molecule has 0 amide bonds. The number of ether oxygens (including phenoxy) is 1. The van der Waals surface area contributed by atoms with Crippen LogP contribution >= 0.6 is 23.8 Å². The van der Waals surface area contributed by atoms with Gasteiger partial charge < -0.3 is 19.5 Å². The van der Waals surface area contributed by atoms with Gasteiger partial charge in [0.1, 0.15) is 5.75 Å². The van der Waals surface area contributed by atoms with Gasteiger partial charge in [0.15, 0.2) is 5.11 Å². The number of hydrogen-bond donors (Lipinski definition) is 1. The van der Waals surface area contributed by atoms with Crippen LogP contribution in [0.1, 0.15) is 17.3 Å². The Morgan fingerprint density at radius 3 is 2.52 bits per heavy atom. The molecule has 1 N–H and O–H groups in total. The molecular formula is C21H20ClN3OS. The lowest BCUT2D eigenvalue weighted by molar-refractivity contribution is 0.293. The number of anilines is 1. The minimum Gasteiger partial charge on any atom is -0.497 e. The topological polar surface area (TPSA) is 29.4 Å². The van der Waals surface area contributed by atoms with Crippen molar-refractivity contribution in [2.24, 2.45) is 0 Å². The average molecular weight is 398 g/mol. The Labute approximate surface area is 169 Å². The standard InChI is InChI=1S/C21H20ClN3OS/c1-26-18-10-4-15(5-11-18)20-19-3-2-12-24(19)13-14-25(20)21(27)23-17-8-6-16(22)7-9-17/h2-12,20H,13-14H2,1H3,(H,23,27)/t20-/m0/s1. The number of benzene rings is 2. The predicted molar refractivity (Wildman–Crippen MR) is 114 cm³/mol. The molecule has 3 aromatic rings. The minimum atomic E-state index is 0.0481. The molecule has 6 heteroatoms. The molecule has 0 spiro atoms. The van der Waals surface area contributed by atoms with Crippen molar-refractivity contribution in [3.05, 3.63) is 83.1 Å². The van der Waals surface area contributed by atoms with Crippen LogP contribution in [0.15, 0.2) is 66.9 Å². The Balaban J connectivity index is 1.65. The third-order valence-corrected chi connectivity index (χ3v) is 5.41. The van der Waals surface area contributed by atoms with Gasteiger partial charge in [-0.3, -0.25) is 0 Å². The maximum absolute atomic E-state index is 5.98. The molecule has 0 unspecified atom stereocenters. The molecule has 1 aliphatic heterocycles. The number of rotatable bonds is 3. The fraction of sp³-hybridized carbons (Fsp3) is 0.190. The molecule has 1 atom stereocenters. The SMILES string of the molecule is COc1ccc([C@H]2c3cccn3CCN2C(=S)Nc2ccc(Cl)cc2)cc1. The van der Waals surface area contributed by atoms with Crippen molar-refractivity contribution in [1.29, 1.82) is 0 Å². The third-order valence-electron chi connectivity index (χ3n) is 4.83. The van der Waals surface area contributed by atoms with E-state index in [1.165, 1.54) is 11.3 Å². The van der Waals surface area contributed by atoms with Gasteiger partial charge in [0.05, 0.1) is 13.2 Å². The van der Waals surface area contributed by atoms with Crippen molar-refractivity contribution >= 4 is 34.6 Å². The molecule has 27 heavy (non-hydrogen) atoms. The number of methoxy groups -OCH3 is 1. The fourth-order valence-corrected chi connectivity index (χ4v) is 3.91. The van der Waals surface area contributed by atoms with E-state index < -0.39 is 0 Å². The zero-order valence-electron chi connectivity index (χ0n) is 14.9. The lowest BCUT2D eigenvalue weighted by Gasteiger charge is -2.39. The summed E-state index contributed by atoms with van der Waals surface area (Å²) in [6, 6.07) is 20.1. The molecule has 0 saturated heterocycles. The number of thiocarbonyl (C=S) groups is 1. The molecule has 0 fully saturated rings. The summed E-state index contributed by atoms with van der Waals surface area (Å²) in [5, 5.41) is 4.76. The number of fused-ring (bicyclic) bond motifs is 1. The summed E-state index contributed by atoms with van der Waals surface area (Å²) in [6.45, 7) is 1.73. The normalized spacial score (nSPS) is 15.9. The molecule has 4 rings (SSSR count). The molecule has 2 heterocycles. The summed E-state index contributed by atoms with van der Waals surface area (Å²) in [5.41, 5.74) is 3.33. The van der Waals surface area contributed by atoms with Gasteiger partial charge in [-0.05, 0) is 66.3 Å². The number of halogens is 1. The van der Waals surface area contributed by atoms with Crippen LogP contribution in [0, 0.1) is 0 Å². The van der Waals surface area contributed by atoms with Crippen LogP contribution in [0.25, 0.3) is 0 Å². The van der Waals surface area contributed by atoms with Gasteiger partial charge in [-0.1, -0.05) is 23.7 Å². The van der Waals surface area contributed by atoms with E-state index in [9.17, 15) is 0 Å². The molecule has 1 aliphatic rings. The highest BCUT2D eigenvalue weighted by Gasteiger charge is 2.30. The van der Waals surface area contributed by atoms with Gasteiger partial charge >= 0.3 is 0 Å². The highest BCUT2D eigenvalue weighted by Crippen LogP contribution is 2.33. The van der Waals surface area contributed by atoms with Crippen LogP contribution < -0.4 is 10.1 Å². The smallest absolute Gasteiger partial charge is 0.174 e. The zero-order chi connectivity index (χ0) is 18.8. The maximum atomic E-state index is 5.98. The monoisotopic (exact) mass is 397 g/mol. The first-order valence-corrected chi connectivity index (χ1v) is 9.56. The van der Waals surface area contributed by atoms with Crippen molar-refractivity contribution in [1.82, 2.24) is 9.47 Å². The Hall–Kier alpha value is -2.50. The Bertz CT molecular complexity index is 937. The molecule has 1 aromatic heterocycles. The van der Waals surface area contributed by atoms with Crippen LogP contribution in [0.2, 0.25) is 5.02 Å². The number of hydrogen-bond acceptors (Lipinski definition) is 2. The van der Waals surface area contributed by atoms with Gasteiger partial charge in [-0.25, -0.2) is 0 Å². The maximum Gasteiger partial charge on any atom is 0.174 e. The van der Waals surface area contributed by atoms with Crippen LogP contribution in [-0.2, 0) is 6.54 Å². The quantitative estimate of drug-likeness (QED) is 0.633. The summed E-state index contributed by atoms with van der Waals surface area (Å²) in [7, 11) is 1.68. The number of nitrogens with zero attached hydrogens (tertiary/aromatic N) is 2. The van der Waals surface area contributed by atoms with Gasteiger partial charge in [0.25, 0.3) is 0 Å². The van der Waals surface area contributed by atoms with Crippen LogP contribution in [0.5, 0.6) is 5.75 Å². The molecule has 0 radical (unpaired) electrons. The van der Waals surface area contributed by atoms with E-state index in [2.05, 4.69) is 45.2 Å². The first-order valence-electron chi connectivity index (χ1n) is 8.78. The Kier molecular flexibility index (Phi) is 5.05. The summed E-state index contributed by atoms with van der Waals surface area (Å²) < 4.78 is 7.59. The van der Waals surface area contributed by atoms with Crippen molar-refractivity contribution < 1.29 is 4.74 Å². The lowest BCUT2D eigenvalue weighted by atomic mass is 10.00. The molecule has 0 aliphatic carbocycles. The van der Waals surface area contributed by atoms with Gasteiger partial charge in [-0.15, -0.1) is 0 Å². The summed E-state index contributed by atoms with van der Waals surface area (Å²) in [5.74, 6) is 0.846. The van der Waals surface area contributed by atoms with Crippen molar-refractivity contribution in [2.45, 2.75) is 12.6 Å². The minimum absolute atomic E-state index is 0.0481. The second-order valence-corrected chi connectivity index (χ2v) is 7.26. The Morgan fingerprint density at radius 2 is 1.81 bits per heavy atom. The van der Waals surface area contributed by atoms with E-state index in [0.717, 1.165) is 24.5 Å². The molecular weight excluding hydrogens is 378 g/mol. The van der Waals surface area contributed by atoms with Crippen molar-refractivity contribution in [2.75, 3.05) is 19.0 Å². The molecule has 0 bridgehead atoms. The first-order chi connectivity index (χ1) is 13.2. The Morgan fingerprint density at radius 1 is 1.07 bits per heavy atom. The molecule has 2 aromatic carbocycles. The van der Waals surface area contributed by atoms with Crippen LogP contribution in [0.4, 0.5) is 5.69 Å². The van der Waals surface area contributed by atoms with Gasteiger partial charge in [-0.2, -0.15) is 0 Å². The highest BCUT2D eigenvalue weighted by atomic mass is 35.5. The van der Waals surface area contributed by atoms with Gasteiger partial charge in [0.2, 0.25) is 0 Å². The second-order valence-electron chi connectivity index (χ2n) is 6.43. The number of aromatic nitrogens is 1. The zero-order valence-corrected chi connectivity index (χ0v) is 16.5. The summed E-state index contributed by atoms with van der Waals surface area (Å²) >= 11 is 11.7. The van der Waals surface area contributed by atoms with E-state index in [-0.39, 0.29) is 6.04 Å². The van der Waals surface area contributed by atoms with E-state index >= 15 is 0 Å². The lowest BCUT2D eigenvalue weighted by Crippen LogP contribution is -2.44. The van der Waals surface area contributed by atoms with Crippen molar-refractivity contribution in [3.8, 4) is 5.75 Å². The third kappa shape index (κ3) is 3.66. The second kappa shape index (κ2) is 7.62.